The van der Waals surface area contributed by atoms with Crippen molar-refractivity contribution in [1.29, 1.82) is 5.26 Å². The molecule has 2 unspecified atom stereocenters. The highest BCUT2D eigenvalue weighted by Gasteiger charge is 2.58. The number of benzene rings is 1. The van der Waals surface area contributed by atoms with Crippen LogP contribution in [-0.4, -0.2) is 70.6 Å². The average molecular weight is 504 g/mol. The molecule has 3 fully saturated rings. The lowest BCUT2D eigenvalue weighted by Gasteiger charge is -2.29. The van der Waals surface area contributed by atoms with E-state index in [9.17, 15) is 28.4 Å². The van der Waals surface area contributed by atoms with E-state index < -0.39 is 47.4 Å². The van der Waals surface area contributed by atoms with Crippen molar-refractivity contribution in [2.24, 2.45) is 5.92 Å². The number of ether oxygens (including phenoxy) is 1. The van der Waals surface area contributed by atoms with Gasteiger partial charge in [0.1, 0.15) is 29.3 Å². The van der Waals surface area contributed by atoms with Crippen molar-refractivity contribution >= 4 is 17.9 Å². The number of piperidine rings is 1. The molecule has 11 heteroatoms. The molecule has 36 heavy (non-hydrogen) atoms. The van der Waals surface area contributed by atoms with Gasteiger partial charge in [0.25, 0.3) is 0 Å². The fourth-order valence-electron chi connectivity index (χ4n) is 5.03. The molecule has 5 atom stereocenters. The van der Waals surface area contributed by atoms with Crippen molar-refractivity contribution < 1.29 is 27.9 Å². The number of alkyl carbamates (subject to hydrolysis) is 1. The molecule has 1 aliphatic carbocycles. The van der Waals surface area contributed by atoms with Gasteiger partial charge in [-0.25, -0.2) is 13.6 Å². The third kappa shape index (κ3) is 5.75. The predicted octanol–water partition coefficient (Wildman–Crippen LogP) is 2.06. The number of carbonyl (C=O) groups excluding carboxylic acids is 3. The molecule has 3 amide bonds. The number of nitrogens with one attached hydrogen (secondary N) is 2. The highest BCUT2D eigenvalue weighted by Crippen LogP contribution is 2.46. The zero-order valence-electron chi connectivity index (χ0n) is 20.6. The molecular formula is C25H31F2N5O4. The minimum atomic E-state index is -1.04. The number of likely N-dealkylation sites (tertiary alicyclic amines) is 2. The summed E-state index contributed by atoms with van der Waals surface area (Å²) in [4.78, 5) is 41.9. The monoisotopic (exact) mass is 503 g/mol. The Labute approximate surface area is 208 Å². The Morgan fingerprint density at radius 2 is 1.94 bits per heavy atom. The van der Waals surface area contributed by atoms with Crippen LogP contribution in [0.25, 0.3) is 0 Å². The van der Waals surface area contributed by atoms with Crippen LogP contribution in [0.2, 0.25) is 0 Å². The van der Waals surface area contributed by atoms with Crippen LogP contribution < -0.4 is 10.6 Å². The Kier molecular flexibility index (Phi) is 7.18. The van der Waals surface area contributed by atoms with Crippen molar-refractivity contribution in [3.8, 4) is 6.07 Å². The Balaban J connectivity index is 1.43. The molecule has 0 aromatic heterocycles. The van der Waals surface area contributed by atoms with Crippen LogP contribution in [0.4, 0.5) is 13.6 Å². The highest BCUT2D eigenvalue weighted by atomic mass is 19.1. The molecule has 194 valence electrons. The summed E-state index contributed by atoms with van der Waals surface area (Å²) in [6, 6.07) is 3.08. The summed E-state index contributed by atoms with van der Waals surface area (Å²) in [6.45, 7) is 5.58. The smallest absolute Gasteiger partial charge is 0.408 e. The molecule has 1 aromatic rings. The molecule has 2 aliphatic heterocycles. The molecule has 2 saturated heterocycles. The van der Waals surface area contributed by atoms with E-state index in [0.717, 1.165) is 12.5 Å². The van der Waals surface area contributed by atoms with Gasteiger partial charge in [0, 0.05) is 37.7 Å². The Morgan fingerprint density at radius 1 is 1.25 bits per heavy atom. The number of halogens is 2. The lowest BCUT2D eigenvalue weighted by Crippen LogP contribution is -2.56. The van der Waals surface area contributed by atoms with Crippen LogP contribution in [-0.2, 0) is 20.9 Å². The molecule has 0 spiro atoms. The minimum Gasteiger partial charge on any atom is -0.444 e. The second-order valence-electron chi connectivity index (χ2n) is 10.6. The Bertz CT molecular complexity index is 1060. The number of hydrogen-bond acceptors (Lipinski definition) is 6. The molecule has 0 bridgehead atoms. The van der Waals surface area contributed by atoms with E-state index in [2.05, 4.69) is 16.7 Å². The van der Waals surface area contributed by atoms with E-state index in [4.69, 9.17) is 4.74 Å². The van der Waals surface area contributed by atoms with Crippen molar-refractivity contribution in [1.82, 2.24) is 20.4 Å². The number of amides is 3. The van der Waals surface area contributed by atoms with E-state index in [1.165, 1.54) is 17.0 Å². The van der Waals surface area contributed by atoms with E-state index in [1.54, 1.807) is 25.7 Å². The molecule has 2 N–H and O–H groups in total. The van der Waals surface area contributed by atoms with Crippen molar-refractivity contribution in [2.45, 2.75) is 76.3 Å². The van der Waals surface area contributed by atoms with Crippen LogP contribution >= 0.6 is 0 Å². The van der Waals surface area contributed by atoms with Gasteiger partial charge in [-0.2, -0.15) is 5.26 Å². The summed E-state index contributed by atoms with van der Waals surface area (Å²) in [5.41, 5.74) is -0.406. The number of carbonyl (C=O) groups is 3. The topological polar surface area (TPSA) is 115 Å². The first-order chi connectivity index (χ1) is 17.0. The van der Waals surface area contributed by atoms with E-state index in [0.29, 0.717) is 24.9 Å². The van der Waals surface area contributed by atoms with Gasteiger partial charge in [-0.3, -0.25) is 9.59 Å². The van der Waals surface area contributed by atoms with Gasteiger partial charge >= 0.3 is 6.09 Å². The van der Waals surface area contributed by atoms with Gasteiger partial charge in [0.05, 0.1) is 12.1 Å². The molecule has 9 nitrogen and oxygen atoms in total. The molecular weight excluding hydrogens is 472 g/mol. The van der Waals surface area contributed by atoms with Gasteiger partial charge in [0.15, 0.2) is 0 Å². The van der Waals surface area contributed by atoms with Crippen molar-refractivity contribution in [3.05, 3.63) is 35.4 Å². The predicted molar refractivity (Wildman–Crippen MR) is 124 cm³/mol. The maximum Gasteiger partial charge on any atom is 0.408 e. The Hall–Kier alpha value is -3.26. The van der Waals surface area contributed by atoms with E-state index >= 15 is 0 Å². The summed E-state index contributed by atoms with van der Waals surface area (Å²) < 4.78 is 32.5. The standard InChI is InChI=1S/C25H31F2N5O4/c1-25(2,3)36-24(35)30-19(22(33)31-6-4-5-17(31)11-28)12-29-21-18-10-20(18)32(23(21)34)13-14-7-15(26)9-16(27)8-14/h7-9,17-21,29H,4-6,10,12-13H2,1-3H3,(H,30,35)/t17?,18-,19?,20-,21+/m1/s1. The second-order valence-corrected chi connectivity index (χ2v) is 10.6. The van der Waals surface area contributed by atoms with Crippen LogP contribution in [0.15, 0.2) is 18.2 Å². The van der Waals surface area contributed by atoms with E-state index in [-0.39, 0.29) is 31.0 Å². The Morgan fingerprint density at radius 3 is 2.58 bits per heavy atom. The lowest BCUT2D eigenvalue weighted by molar-refractivity contribution is -0.134. The number of fused-ring (bicyclic) bond motifs is 1. The molecule has 0 radical (unpaired) electrons. The molecule has 1 aromatic carbocycles. The van der Waals surface area contributed by atoms with Gasteiger partial charge < -0.3 is 25.2 Å². The molecule has 2 heterocycles. The summed E-state index contributed by atoms with van der Waals surface area (Å²) in [6.07, 6.45) is 1.22. The zero-order valence-corrected chi connectivity index (χ0v) is 20.6. The maximum absolute atomic E-state index is 13.6. The zero-order chi connectivity index (χ0) is 26.2. The first-order valence-electron chi connectivity index (χ1n) is 12.2. The first kappa shape index (κ1) is 25.8. The largest absolute Gasteiger partial charge is 0.444 e. The quantitative estimate of drug-likeness (QED) is 0.589. The molecule has 4 rings (SSSR count). The minimum absolute atomic E-state index is 0.00632. The normalized spacial score (nSPS) is 25.8. The third-order valence-electron chi connectivity index (χ3n) is 6.67. The molecule has 1 saturated carbocycles. The summed E-state index contributed by atoms with van der Waals surface area (Å²) >= 11 is 0. The van der Waals surface area contributed by atoms with Gasteiger partial charge in [-0.15, -0.1) is 0 Å². The highest BCUT2D eigenvalue weighted by molar-refractivity contribution is 5.88. The number of nitriles is 1. The summed E-state index contributed by atoms with van der Waals surface area (Å²) in [7, 11) is 0. The van der Waals surface area contributed by atoms with E-state index in [1.807, 2.05) is 0 Å². The van der Waals surface area contributed by atoms with Crippen LogP contribution in [0.1, 0.15) is 45.6 Å². The second kappa shape index (κ2) is 10.0. The fraction of sp³-hybridized carbons (Fsp3) is 0.600. The SMILES string of the molecule is CC(C)(C)OC(=O)NC(CN[C@@H]1C(=O)N(Cc2cc(F)cc(F)c2)[C@@H]2C[C@@H]12)C(=O)N1CCCC1C#N. The average Bonchev–Trinajstić information content (AvgIpc) is 3.31. The van der Waals surface area contributed by atoms with Gasteiger partial charge in [-0.05, 0) is 57.7 Å². The maximum atomic E-state index is 13.6. The van der Waals surface area contributed by atoms with Crippen molar-refractivity contribution in [3.63, 3.8) is 0 Å². The van der Waals surface area contributed by atoms with Gasteiger partial charge in [0.2, 0.25) is 11.8 Å². The van der Waals surface area contributed by atoms with Crippen LogP contribution in [0.3, 0.4) is 0 Å². The molecule has 3 aliphatic rings. The van der Waals surface area contributed by atoms with Crippen molar-refractivity contribution in [2.75, 3.05) is 13.1 Å². The van der Waals surface area contributed by atoms with Crippen LogP contribution in [0.5, 0.6) is 0 Å². The van der Waals surface area contributed by atoms with Gasteiger partial charge in [-0.1, -0.05) is 0 Å². The summed E-state index contributed by atoms with van der Waals surface area (Å²) in [5, 5.41) is 15.1. The fourth-order valence-corrected chi connectivity index (χ4v) is 5.03. The third-order valence-corrected chi connectivity index (χ3v) is 6.67. The first-order valence-corrected chi connectivity index (χ1v) is 12.2. The number of rotatable bonds is 7. The lowest BCUT2D eigenvalue weighted by atomic mass is 10.1. The number of nitrogens with zero attached hydrogens (tertiary/aromatic N) is 3. The number of hydrogen-bond donors (Lipinski definition) is 2. The van der Waals surface area contributed by atoms with Crippen LogP contribution in [0, 0.1) is 28.9 Å². The summed E-state index contributed by atoms with van der Waals surface area (Å²) in [5.74, 6) is -2.04.